The largest absolute Gasteiger partial charge is 0.370 e. The van der Waals surface area contributed by atoms with Gasteiger partial charge in [-0.1, -0.05) is 26.8 Å². The molecule has 2 N–H and O–H groups in total. The van der Waals surface area contributed by atoms with Crippen LogP contribution in [0.1, 0.15) is 38.5 Å². The smallest absolute Gasteiger partial charge is 0.191 e. The molecule has 106 valence electrons. The van der Waals surface area contributed by atoms with Gasteiger partial charge in [0.2, 0.25) is 0 Å². The van der Waals surface area contributed by atoms with Gasteiger partial charge in [-0.05, 0) is 30.2 Å². The molecule has 4 heteroatoms. The molecule has 0 radical (unpaired) electrons. The Morgan fingerprint density at radius 3 is 3.00 bits per heavy atom. The molecular formula is C15H25N3S. The van der Waals surface area contributed by atoms with E-state index in [9.17, 15) is 0 Å². The van der Waals surface area contributed by atoms with E-state index in [1.165, 1.54) is 17.7 Å². The predicted molar refractivity (Wildman–Crippen MR) is 83.8 cm³/mol. The van der Waals surface area contributed by atoms with E-state index in [2.05, 4.69) is 48.2 Å². The molecule has 0 saturated carbocycles. The molecule has 0 aromatic carbocycles. The number of hydrogen-bond donors (Lipinski definition) is 1. The van der Waals surface area contributed by atoms with Crippen LogP contribution in [0.2, 0.25) is 0 Å². The number of nitrogens with zero attached hydrogens (tertiary/aromatic N) is 2. The quantitative estimate of drug-likeness (QED) is 0.682. The first-order chi connectivity index (χ1) is 8.99. The van der Waals surface area contributed by atoms with E-state index in [4.69, 9.17) is 5.73 Å². The van der Waals surface area contributed by atoms with E-state index in [-0.39, 0.29) is 5.41 Å². The number of aliphatic imine (C=N–C) groups is 1. The van der Waals surface area contributed by atoms with E-state index in [1.807, 2.05) is 0 Å². The number of piperidine rings is 1. The van der Waals surface area contributed by atoms with Crippen molar-refractivity contribution >= 4 is 17.3 Å². The number of nitrogens with two attached hydrogens (primary N) is 1. The number of hydrogen-bond acceptors (Lipinski definition) is 2. The molecule has 19 heavy (non-hydrogen) atoms. The van der Waals surface area contributed by atoms with Crippen LogP contribution in [0.5, 0.6) is 0 Å². The van der Waals surface area contributed by atoms with Crippen molar-refractivity contribution in [3.63, 3.8) is 0 Å². The Bertz CT molecular complexity index is 423. The summed E-state index contributed by atoms with van der Waals surface area (Å²) in [7, 11) is 0. The number of rotatable bonds is 3. The van der Waals surface area contributed by atoms with Crippen LogP contribution in [0.4, 0.5) is 0 Å². The fraction of sp³-hybridized carbons (Fsp3) is 0.667. The lowest BCUT2D eigenvalue weighted by atomic mass is 9.92. The molecule has 1 aromatic rings. The van der Waals surface area contributed by atoms with Crippen LogP contribution >= 0.6 is 11.3 Å². The molecule has 2 heterocycles. The van der Waals surface area contributed by atoms with Gasteiger partial charge in [-0.2, -0.15) is 0 Å². The lowest BCUT2D eigenvalue weighted by Gasteiger charge is -2.32. The van der Waals surface area contributed by atoms with Gasteiger partial charge in [0.25, 0.3) is 0 Å². The lowest BCUT2D eigenvalue weighted by molar-refractivity contribution is 0.270. The third-order valence-electron chi connectivity index (χ3n) is 3.81. The van der Waals surface area contributed by atoms with Crippen molar-refractivity contribution in [3.05, 3.63) is 22.4 Å². The minimum absolute atomic E-state index is 0.0696. The van der Waals surface area contributed by atoms with Gasteiger partial charge in [0.15, 0.2) is 5.96 Å². The van der Waals surface area contributed by atoms with Crippen LogP contribution in [0, 0.1) is 5.92 Å². The van der Waals surface area contributed by atoms with Crippen molar-refractivity contribution in [2.24, 2.45) is 16.6 Å². The van der Waals surface area contributed by atoms with Gasteiger partial charge in [-0.15, -0.1) is 11.3 Å². The van der Waals surface area contributed by atoms with Crippen molar-refractivity contribution in [1.29, 1.82) is 0 Å². The van der Waals surface area contributed by atoms with Gasteiger partial charge in [-0.25, -0.2) is 0 Å². The van der Waals surface area contributed by atoms with Crippen LogP contribution < -0.4 is 5.73 Å². The zero-order valence-corrected chi connectivity index (χ0v) is 13.0. The molecule has 1 aliphatic rings. The normalized spacial score (nSPS) is 21.7. The molecule has 1 fully saturated rings. The van der Waals surface area contributed by atoms with Crippen molar-refractivity contribution in [3.8, 4) is 0 Å². The van der Waals surface area contributed by atoms with Gasteiger partial charge >= 0.3 is 0 Å². The Hall–Kier alpha value is -1.03. The fourth-order valence-electron chi connectivity index (χ4n) is 2.52. The minimum atomic E-state index is 0.0696. The summed E-state index contributed by atoms with van der Waals surface area (Å²) in [5, 5.41) is 2.12. The second kappa shape index (κ2) is 5.95. The summed E-state index contributed by atoms with van der Waals surface area (Å²) >= 11 is 1.79. The maximum absolute atomic E-state index is 6.15. The first kappa shape index (κ1) is 14.4. The van der Waals surface area contributed by atoms with Crippen molar-refractivity contribution < 1.29 is 0 Å². The SMILES string of the molecule is CC1CCCN(C(N)=NCC(C)(C)c2cccs2)C1. The average Bonchev–Trinajstić information content (AvgIpc) is 2.90. The zero-order chi connectivity index (χ0) is 13.9. The molecule has 0 aliphatic carbocycles. The molecule has 1 aromatic heterocycles. The Balaban J connectivity index is 1.97. The predicted octanol–water partition coefficient (Wildman–Crippen LogP) is 3.07. The van der Waals surface area contributed by atoms with E-state index in [0.29, 0.717) is 0 Å². The zero-order valence-electron chi connectivity index (χ0n) is 12.2. The third-order valence-corrected chi connectivity index (χ3v) is 5.04. The Morgan fingerprint density at radius 2 is 2.37 bits per heavy atom. The molecule has 3 nitrogen and oxygen atoms in total. The first-order valence-electron chi connectivity index (χ1n) is 7.08. The topological polar surface area (TPSA) is 41.6 Å². The molecular weight excluding hydrogens is 254 g/mol. The number of guanidine groups is 1. The highest BCUT2D eigenvalue weighted by atomic mass is 32.1. The van der Waals surface area contributed by atoms with Crippen molar-refractivity contribution in [2.75, 3.05) is 19.6 Å². The van der Waals surface area contributed by atoms with Crippen molar-refractivity contribution in [1.82, 2.24) is 4.90 Å². The Labute approximate surface area is 120 Å². The summed E-state index contributed by atoms with van der Waals surface area (Å²) in [6, 6.07) is 4.28. The molecule has 1 aliphatic heterocycles. The first-order valence-corrected chi connectivity index (χ1v) is 7.96. The van der Waals surface area contributed by atoms with E-state index < -0.39 is 0 Å². The maximum Gasteiger partial charge on any atom is 0.191 e. The molecule has 1 unspecified atom stereocenters. The summed E-state index contributed by atoms with van der Waals surface area (Å²) in [5.41, 5.74) is 6.22. The van der Waals surface area contributed by atoms with Crippen molar-refractivity contribution in [2.45, 2.75) is 39.0 Å². The standard InChI is InChI=1S/C15H25N3S/c1-12-6-4-8-18(10-12)14(16)17-11-15(2,3)13-7-5-9-19-13/h5,7,9,12H,4,6,8,10-11H2,1-3H3,(H2,16,17). The van der Waals surface area contributed by atoms with Crippen LogP contribution in [-0.2, 0) is 5.41 Å². The van der Waals surface area contributed by atoms with Crippen LogP contribution in [0.15, 0.2) is 22.5 Å². The summed E-state index contributed by atoms with van der Waals surface area (Å²) in [5.74, 6) is 1.45. The summed E-state index contributed by atoms with van der Waals surface area (Å²) in [6.45, 7) is 9.61. The summed E-state index contributed by atoms with van der Waals surface area (Å²) in [6.07, 6.45) is 2.54. The molecule has 1 saturated heterocycles. The molecule has 0 amide bonds. The van der Waals surface area contributed by atoms with Gasteiger partial charge < -0.3 is 10.6 Å². The summed E-state index contributed by atoms with van der Waals surface area (Å²) < 4.78 is 0. The third kappa shape index (κ3) is 3.72. The fourth-order valence-corrected chi connectivity index (χ4v) is 3.36. The van der Waals surface area contributed by atoms with Crippen LogP contribution in [-0.4, -0.2) is 30.5 Å². The van der Waals surface area contributed by atoms with Gasteiger partial charge in [0, 0.05) is 23.4 Å². The molecule has 0 bridgehead atoms. The average molecular weight is 279 g/mol. The van der Waals surface area contributed by atoms with E-state index >= 15 is 0 Å². The molecule has 0 spiro atoms. The monoisotopic (exact) mass is 279 g/mol. The highest BCUT2D eigenvalue weighted by Gasteiger charge is 2.23. The van der Waals surface area contributed by atoms with Gasteiger partial charge in [0.05, 0.1) is 6.54 Å². The van der Waals surface area contributed by atoms with Gasteiger partial charge in [-0.3, -0.25) is 4.99 Å². The van der Waals surface area contributed by atoms with Crippen LogP contribution in [0.25, 0.3) is 0 Å². The van der Waals surface area contributed by atoms with E-state index in [0.717, 1.165) is 31.5 Å². The Kier molecular flexibility index (Phi) is 4.50. The summed E-state index contributed by atoms with van der Waals surface area (Å²) in [4.78, 5) is 8.24. The van der Waals surface area contributed by atoms with Crippen LogP contribution in [0.3, 0.4) is 0 Å². The second-order valence-corrected chi connectivity index (χ2v) is 7.18. The highest BCUT2D eigenvalue weighted by molar-refractivity contribution is 7.10. The molecule has 2 rings (SSSR count). The maximum atomic E-state index is 6.15. The Morgan fingerprint density at radius 1 is 1.58 bits per heavy atom. The highest BCUT2D eigenvalue weighted by Crippen LogP contribution is 2.27. The van der Waals surface area contributed by atoms with E-state index in [1.54, 1.807) is 11.3 Å². The minimum Gasteiger partial charge on any atom is -0.370 e. The second-order valence-electron chi connectivity index (χ2n) is 6.23. The van der Waals surface area contributed by atoms with Gasteiger partial charge in [0.1, 0.15) is 0 Å². The molecule has 1 atom stereocenters. The lowest BCUT2D eigenvalue weighted by Crippen LogP contribution is -2.44. The number of likely N-dealkylation sites (tertiary alicyclic amines) is 1. The number of thiophene rings is 1.